The van der Waals surface area contributed by atoms with E-state index in [1.54, 1.807) is 0 Å². The molecule has 0 atom stereocenters. The summed E-state index contributed by atoms with van der Waals surface area (Å²) in [5.41, 5.74) is 6.86. The summed E-state index contributed by atoms with van der Waals surface area (Å²) in [6.07, 6.45) is 7.53. The van der Waals surface area contributed by atoms with Crippen LogP contribution in [0, 0.1) is 0 Å². The molecule has 2 bridgehead atoms. The Morgan fingerprint density at radius 3 is 1.82 bits per heavy atom. The zero-order valence-corrected chi connectivity index (χ0v) is 8.86. The van der Waals surface area contributed by atoms with Gasteiger partial charge >= 0.3 is 0 Å². The fourth-order valence-corrected chi connectivity index (χ4v) is 3.17. The van der Waals surface area contributed by atoms with Gasteiger partial charge in [-0.25, -0.2) is 0 Å². The second-order valence-corrected chi connectivity index (χ2v) is 4.78. The van der Waals surface area contributed by atoms with Crippen LogP contribution >= 0.6 is 22.9 Å². The van der Waals surface area contributed by atoms with Crippen molar-refractivity contribution in [3.63, 3.8) is 0 Å². The summed E-state index contributed by atoms with van der Waals surface area (Å²) in [5, 5.41) is 0. The normalized spacial score (nSPS) is 49.6. The molecule has 0 amide bonds. The summed E-state index contributed by atoms with van der Waals surface area (Å²) < 4.78 is 3.44. The van der Waals surface area contributed by atoms with E-state index in [1.165, 1.54) is 38.5 Å². The Morgan fingerprint density at radius 1 is 1.00 bits per heavy atom. The quantitative estimate of drug-likeness (QED) is 0.560. The number of nitrogens with two attached hydrogens (primary N) is 1. The molecule has 64 valence electrons. The van der Waals surface area contributed by atoms with E-state index in [4.69, 9.17) is 5.73 Å². The van der Waals surface area contributed by atoms with E-state index in [0.29, 0.717) is 5.54 Å². The summed E-state index contributed by atoms with van der Waals surface area (Å²) in [4.78, 5) is 0. The second kappa shape index (κ2) is 2.57. The van der Waals surface area contributed by atoms with E-state index in [9.17, 15) is 0 Å². The van der Waals surface area contributed by atoms with Gasteiger partial charge in [0.05, 0.1) is 0 Å². The van der Waals surface area contributed by atoms with Crippen LogP contribution in [-0.2, 0) is 0 Å². The van der Waals surface area contributed by atoms with E-state index in [-0.39, 0.29) is 5.54 Å². The number of hydrogen-bond acceptors (Lipinski definition) is 2. The Labute approximate surface area is 81.8 Å². The molecule has 0 aromatic rings. The molecule has 3 fully saturated rings. The van der Waals surface area contributed by atoms with Crippen molar-refractivity contribution in [3.05, 3.63) is 0 Å². The molecule has 0 spiro atoms. The number of hydrogen-bond donors (Lipinski definition) is 2. The maximum absolute atomic E-state index is 6.18. The molecule has 3 aliphatic carbocycles. The number of fused-ring (bicyclic) bond motifs is 3. The minimum Gasteiger partial charge on any atom is -0.325 e. The highest BCUT2D eigenvalue weighted by molar-refractivity contribution is 14.1. The smallest absolute Gasteiger partial charge is 0.0276 e. The average molecular weight is 266 g/mol. The molecule has 0 aromatic carbocycles. The first-order valence-electron chi connectivity index (χ1n) is 4.35. The topological polar surface area (TPSA) is 38.0 Å². The van der Waals surface area contributed by atoms with Gasteiger partial charge in [-0.1, -0.05) is 0 Å². The predicted octanol–water partition coefficient (Wildman–Crippen LogP) is 1.73. The predicted molar refractivity (Wildman–Crippen MR) is 54.5 cm³/mol. The van der Waals surface area contributed by atoms with Gasteiger partial charge in [-0.05, 0) is 38.5 Å². The van der Waals surface area contributed by atoms with Crippen LogP contribution in [0.5, 0.6) is 0 Å². The highest BCUT2D eigenvalue weighted by atomic mass is 127. The SMILES string of the molecule is NC12CCC(NI)(CC1)CC2. The third kappa shape index (κ3) is 1.31. The molecule has 3 aliphatic rings. The molecule has 0 radical (unpaired) electrons. The van der Waals surface area contributed by atoms with Crippen molar-refractivity contribution in [2.24, 2.45) is 5.73 Å². The van der Waals surface area contributed by atoms with Gasteiger partial charge in [0.25, 0.3) is 0 Å². The molecule has 3 rings (SSSR count). The van der Waals surface area contributed by atoms with Crippen molar-refractivity contribution in [1.82, 2.24) is 3.53 Å². The first-order chi connectivity index (χ1) is 5.18. The molecule has 0 aliphatic heterocycles. The third-order valence-electron chi connectivity index (χ3n) is 3.50. The fraction of sp³-hybridized carbons (Fsp3) is 1.00. The Kier molecular flexibility index (Phi) is 1.93. The summed E-state index contributed by atoms with van der Waals surface area (Å²) in [5.74, 6) is 0. The fourth-order valence-electron chi connectivity index (χ4n) is 2.36. The summed E-state index contributed by atoms with van der Waals surface area (Å²) >= 11 is 2.30. The molecule has 3 N–H and O–H groups in total. The minimum absolute atomic E-state index is 0.217. The molecule has 2 nitrogen and oxygen atoms in total. The molecule has 0 heterocycles. The Bertz CT molecular complexity index is 145. The van der Waals surface area contributed by atoms with Gasteiger partial charge in [-0.2, -0.15) is 0 Å². The third-order valence-corrected chi connectivity index (χ3v) is 4.65. The molecule has 0 aromatic heterocycles. The lowest BCUT2D eigenvalue weighted by atomic mass is 9.62. The van der Waals surface area contributed by atoms with Crippen molar-refractivity contribution < 1.29 is 0 Å². The van der Waals surface area contributed by atoms with Crippen LogP contribution < -0.4 is 9.26 Å². The summed E-state index contributed by atoms with van der Waals surface area (Å²) in [6.45, 7) is 0. The van der Waals surface area contributed by atoms with E-state index in [1.807, 2.05) is 0 Å². The van der Waals surface area contributed by atoms with E-state index in [0.717, 1.165) is 0 Å². The van der Waals surface area contributed by atoms with Gasteiger partial charge in [-0.15, -0.1) is 0 Å². The van der Waals surface area contributed by atoms with Gasteiger partial charge in [-0.3, -0.25) is 3.53 Å². The van der Waals surface area contributed by atoms with E-state index in [2.05, 4.69) is 26.4 Å². The zero-order valence-electron chi connectivity index (χ0n) is 6.70. The highest BCUT2D eigenvalue weighted by Gasteiger charge is 2.45. The van der Waals surface area contributed by atoms with Crippen molar-refractivity contribution in [3.8, 4) is 0 Å². The van der Waals surface area contributed by atoms with Crippen LogP contribution in [0.1, 0.15) is 38.5 Å². The highest BCUT2D eigenvalue weighted by Crippen LogP contribution is 2.45. The van der Waals surface area contributed by atoms with Gasteiger partial charge in [0.2, 0.25) is 0 Å². The van der Waals surface area contributed by atoms with Gasteiger partial charge in [0.1, 0.15) is 0 Å². The van der Waals surface area contributed by atoms with Crippen molar-refractivity contribution in [2.75, 3.05) is 0 Å². The van der Waals surface area contributed by atoms with Crippen LogP contribution in [0.2, 0.25) is 0 Å². The number of nitrogens with one attached hydrogen (secondary N) is 1. The van der Waals surface area contributed by atoms with E-state index >= 15 is 0 Å². The van der Waals surface area contributed by atoms with Crippen LogP contribution in [0.25, 0.3) is 0 Å². The van der Waals surface area contributed by atoms with Gasteiger partial charge in [0.15, 0.2) is 0 Å². The molecule has 3 saturated carbocycles. The first-order valence-corrected chi connectivity index (χ1v) is 5.43. The zero-order chi connectivity index (χ0) is 7.95. The lowest BCUT2D eigenvalue weighted by molar-refractivity contribution is 0.106. The summed E-state index contributed by atoms with van der Waals surface area (Å²) in [6, 6.07) is 0. The lowest BCUT2D eigenvalue weighted by Crippen LogP contribution is -2.58. The molecular weight excluding hydrogens is 251 g/mol. The van der Waals surface area contributed by atoms with Crippen LogP contribution in [0.15, 0.2) is 0 Å². The largest absolute Gasteiger partial charge is 0.325 e. The second-order valence-electron chi connectivity index (χ2n) is 4.24. The molecule has 0 unspecified atom stereocenters. The Balaban J connectivity index is 2.12. The van der Waals surface area contributed by atoms with E-state index < -0.39 is 0 Å². The van der Waals surface area contributed by atoms with Crippen LogP contribution in [0.3, 0.4) is 0 Å². The Hall–Kier alpha value is 0.650. The van der Waals surface area contributed by atoms with Crippen molar-refractivity contribution in [2.45, 2.75) is 49.6 Å². The van der Waals surface area contributed by atoms with Crippen LogP contribution in [-0.4, -0.2) is 11.1 Å². The lowest BCUT2D eigenvalue weighted by Gasteiger charge is -2.51. The molecule has 0 saturated heterocycles. The minimum atomic E-state index is 0.217. The maximum Gasteiger partial charge on any atom is 0.0276 e. The van der Waals surface area contributed by atoms with Crippen molar-refractivity contribution in [1.29, 1.82) is 0 Å². The molecule has 3 heteroatoms. The monoisotopic (exact) mass is 266 g/mol. The maximum atomic E-state index is 6.18. The van der Waals surface area contributed by atoms with Crippen molar-refractivity contribution >= 4 is 22.9 Å². The average Bonchev–Trinajstić information content (AvgIpc) is 2.07. The summed E-state index contributed by atoms with van der Waals surface area (Å²) in [7, 11) is 0. The molecular formula is C8H15IN2. The number of rotatable bonds is 1. The van der Waals surface area contributed by atoms with Gasteiger partial charge < -0.3 is 5.73 Å². The molecule has 11 heavy (non-hydrogen) atoms. The standard InChI is InChI=1S/C8H15IN2/c9-11-8-4-1-7(10,2-5-8)3-6-8/h11H,1-6,10H2. The van der Waals surface area contributed by atoms with Gasteiger partial charge in [0, 0.05) is 33.9 Å². The first kappa shape index (κ1) is 8.26. The number of halogens is 1. The Morgan fingerprint density at radius 2 is 1.45 bits per heavy atom. The van der Waals surface area contributed by atoms with Crippen LogP contribution in [0.4, 0.5) is 0 Å².